The molecule has 26 heavy (non-hydrogen) atoms. The standard InChI is InChI=1S/C19H21Cl2N5/c1-19(12-22)5-8-25(9-6-19)18-15-11-24-17(26(15)10-7-23-18)13-3-2-4-14(20)16(13)21/h2-4,7,10-11H,5-6,8-9,12,22H2,1H3. The smallest absolute Gasteiger partial charge is 0.154 e. The van der Waals surface area contributed by atoms with Gasteiger partial charge in [0.25, 0.3) is 0 Å². The maximum Gasteiger partial charge on any atom is 0.154 e. The first-order valence-corrected chi connectivity index (χ1v) is 9.49. The Bertz CT molecular complexity index is 944. The van der Waals surface area contributed by atoms with Crippen molar-refractivity contribution in [2.45, 2.75) is 19.8 Å². The van der Waals surface area contributed by atoms with E-state index in [0.717, 1.165) is 55.2 Å². The Hall–Kier alpha value is -1.82. The van der Waals surface area contributed by atoms with Gasteiger partial charge in [-0.3, -0.25) is 4.40 Å². The Labute approximate surface area is 162 Å². The van der Waals surface area contributed by atoms with Crippen LogP contribution < -0.4 is 10.6 Å². The van der Waals surface area contributed by atoms with Crippen LogP contribution in [0.3, 0.4) is 0 Å². The SMILES string of the molecule is CC1(CN)CCN(c2nccn3c(-c4cccc(Cl)c4Cl)ncc23)CC1. The van der Waals surface area contributed by atoms with Gasteiger partial charge < -0.3 is 10.6 Å². The van der Waals surface area contributed by atoms with Crippen molar-refractivity contribution < 1.29 is 0 Å². The van der Waals surface area contributed by atoms with Crippen LogP contribution in [0.1, 0.15) is 19.8 Å². The van der Waals surface area contributed by atoms with E-state index in [4.69, 9.17) is 28.9 Å². The van der Waals surface area contributed by atoms with Gasteiger partial charge in [-0.1, -0.05) is 36.2 Å². The number of piperidine rings is 1. The molecule has 0 saturated carbocycles. The lowest BCUT2D eigenvalue weighted by molar-refractivity contribution is 0.258. The minimum Gasteiger partial charge on any atom is -0.355 e. The topological polar surface area (TPSA) is 59.5 Å². The second-order valence-electron chi connectivity index (χ2n) is 7.19. The van der Waals surface area contributed by atoms with Crippen LogP contribution in [0.15, 0.2) is 36.8 Å². The van der Waals surface area contributed by atoms with E-state index in [-0.39, 0.29) is 5.41 Å². The van der Waals surface area contributed by atoms with E-state index in [2.05, 4.69) is 21.8 Å². The zero-order chi connectivity index (χ0) is 18.3. The fraction of sp³-hybridized carbons (Fsp3) is 0.368. The number of fused-ring (bicyclic) bond motifs is 1. The van der Waals surface area contributed by atoms with Crippen molar-refractivity contribution in [1.82, 2.24) is 14.4 Å². The molecular formula is C19H21Cl2N5. The van der Waals surface area contributed by atoms with E-state index in [0.29, 0.717) is 10.0 Å². The first-order valence-electron chi connectivity index (χ1n) is 8.74. The molecule has 3 aromatic rings. The molecule has 0 amide bonds. The highest BCUT2D eigenvalue weighted by atomic mass is 35.5. The third kappa shape index (κ3) is 2.94. The maximum atomic E-state index is 6.40. The van der Waals surface area contributed by atoms with Gasteiger partial charge in [0.15, 0.2) is 5.82 Å². The average molecular weight is 390 g/mol. The molecule has 7 heteroatoms. The number of anilines is 1. The Balaban J connectivity index is 1.74. The first kappa shape index (κ1) is 17.6. The summed E-state index contributed by atoms with van der Waals surface area (Å²) in [5, 5.41) is 1.03. The van der Waals surface area contributed by atoms with E-state index in [1.54, 1.807) is 6.07 Å². The predicted octanol–water partition coefficient (Wildman–Crippen LogP) is 4.27. The molecule has 0 atom stereocenters. The lowest BCUT2D eigenvalue weighted by atomic mass is 9.80. The van der Waals surface area contributed by atoms with Gasteiger partial charge in [0.1, 0.15) is 11.3 Å². The van der Waals surface area contributed by atoms with Crippen LogP contribution in [0.5, 0.6) is 0 Å². The van der Waals surface area contributed by atoms with E-state index in [9.17, 15) is 0 Å². The molecule has 136 valence electrons. The van der Waals surface area contributed by atoms with Crippen LogP contribution in [0.25, 0.3) is 16.9 Å². The van der Waals surface area contributed by atoms with E-state index >= 15 is 0 Å². The molecule has 3 heterocycles. The Morgan fingerprint density at radius 1 is 1.19 bits per heavy atom. The van der Waals surface area contributed by atoms with Gasteiger partial charge in [0.05, 0.1) is 16.2 Å². The maximum absolute atomic E-state index is 6.40. The highest BCUT2D eigenvalue weighted by molar-refractivity contribution is 6.43. The number of imidazole rings is 1. The van der Waals surface area contributed by atoms with E-state index in [1.165, 1.54) is 0 Å². The molecule has 1 aromatic carbocycles. The molecule has 2 N–H and O–H groups in total. The fourth-order valence-corrected chi connectivity index (χ4v) is 3.88. The number of rotatable bonds is 3. The number of nitrogens with two attached hydrogens (primary N) is 1. The van der Waals surface area contributed by atoms with E-state index in [1.807, 2.05) is 35.1 Å². The summed E-state index contributed by atoms with van der Waals surface area (Å²) in [5.74, 6) is 1.71. The molecular weight excluding hydrogens is 369 g/mol. The molecule has 0 unspecified atom stereocenters. The monoisotopic (exact) mass is 389 g/mol. The summed E-state index contributed by atoms with van der Waals surface area (Å²) in [6.07, 6.45) is 7.70. The molecule has 1 fully saturated rings. The fourth-order valence-electron chi connectivity index (χ4n) is 3.50. The van der Waals surface area contributed by atoms with Crippen LogP contribution in [0, 0.1) is 5.41 Å². The summed E-state index contributed by atoms with van der Waals surface area (Å²) in [6.45, 7) is 4.87. The number of aromatic nitrogens is 3. The van der Waals surface area contributed by atoms with Crippen LogP contribution in [0.4, 0.5) is 5.82 Å². The second kappa shape index (κ2) is 6.72. The molecule has 1 saturated heterocycles. The van der Waals surface area contributed by atoms with Crippen molar-refractivity contribution in [2.75, 3.05) is 24.5 Å². The minimum atomic E-state index is 0.223. The molecule has 1 aliphatic heterocycles. The molecule has 0 spiro atoms. The summed E-state index contributed by atoms with van der Waals surface area (Å²) in [7, 11) is 0. The molecule has 5 nitrogen and oxygen atoms in total. The predicted molar refractivity (Wildman–Crippen MR) is 107 cm³/mol. The summed E-state index contributed by atoms with van der Waals surface area (Å²) in [6, 6.07) is 5.58. The number of hydrogen-bond acceptors (Lipinski definition) is 4. The van der Waals surface area contributed by atoms with Gasteiger partial charge in [-0.05, 0) is 36.9 Å². The summed E-state index contributed by atoms with van der Waals surface area (Å²) >= 11 is 12.6. The van der Waals surface area contributed by atoms with Gasteiger partial charge in [0, 0.05) is 31.0 Å². The third-order valence-corrected chi connectivity index (χ3v) is 6.21. The lowest BCUT2D eigenvalue weighted by Crippen LogP contribution is -2.42. The Morgan fingerprint density at radius 3 is 2.69 bits per heavy atom. The summed E-state index contributed by atoms with van der Waals surface area (Å²) in [4.78, 5) is 11.5. The zero-order valence-electron chi connectivity index (χ0n) is 14.6. The van der Waals surface area contributed by atoms with Crippen LogP contribution in [-0.4, -0.2) is 34.0 Å². The summed E-state index contributed by atoms with van der Waals surface area (Å²) in [5.41, 5.74) is 7.94. The zero-order valence-corrected chi connectivity index (χ0v) is 16.1. The second-order valence-corrected chi connectivity index (χ2v) is 7.98. The molecule has 0 radical (unpaired) electrons. The van der Waals surface area contributed by atoms with Crippen molar-refractivity contribution in [3.05, 3.63) is 46.8 Å². The highest BCUT2D eigenvalue weighted by Gasteiger charge is 2.30. The number of halogens is 2. The molecule has 1 aliphatic rings. The van der Waals surface area contributed by atoms with Gasteiger partial charge in [-0.15, -0.1) is 0 Å². The van der Waals surface area contributed by atoms with Crippen molar-refractivity contribution in [2.24, 2.45) is 11.1 Å². The van der Waals surface area contributed by atoms with Gasteiger partial charge in [-0.2, -0.15) is 0 Å². The minimum absolute atomic E-state index is 0.223. The number of nitrogens with zero attached hydrogens (tertiary/aromatic N) is 4. The molecule has 4 rings (SSSR count). The van der Waals surface area contributed by atoms with Crippen molar-refractivity contribution >= 4 is 34.5 Å². The van der Waals surface area contributed by atoms with Gasteiger partial charge in [0.2, 0.25) is 0 Å². The van der Waals surface area contributed by atoms with Crippen molar-refractivity contribution in [1.29, 1.82) is 0 Å². The van der Waals surface area contributed by atoms with E-state index < -0.39 is 0 Å². The van der Waals surface area contributed by atoms with Crippen LogP contribution in [0.2, 0.25) is 10.0 Å². The largest absolute Gasteiger partial charge is 0.355 e. The average Bonchev–Trinajstić information content (AvgIpc) is 3.09. The quantitative estimate of drug-likeness (QED) is 0.726. The normalized spacial score (nSPS) is 17.0. The number of benzene rings is 1. The van der Waals surface area contributed by atoms with Gasteiger partial charge >= 0.3 is 0 Å². The Kier molecular flexibility index (Phi) is 4.55. The van der Waals surface area contributed by atoms with Crippen LogP contribution in [-0.2, 0) is 0 Å². The number of hydrogen-bond donors (Lipinski definition) is 1. The Morgan fingerprint density at radius 2 is 1.96 bits per heavy atom. The first-order chi connectivity index (χ1) is 12.5. The molecule has 2 aromatic heterocycles. The van der Waals surface area contributed by atoms with Crippen molar-refractivity contribution in [3.8, 4) is 11.4 Å². The van der Waals surface area contributed by atoms with Gasteiger partial charge in [-0.25, -0.2) is 9.97 Å². The summed E-state index contributed by atoms with van der Waals surface area (Å²) < 4.78 is 2.02. The molecule has 0 bridgehead atoms. The van der Waals surface area contributed by atoms with Crippen molar-refractivity contribution in [3.63, 3.8) is 0 Å². The lowest BCUT2D eigenvalue weighted by Gasteiger charge is -2.39. The van der Waals surface area contributed by atoms with Crippen LogP contribution >= 0.6 is 23.2 Å². The third-order valence-electron chi connectivity index (χ3n) is 5.39. The highest BCUT2D eigenvalue weighted by Crippen LogP contribution is 2.36. The molecule has 0 aliphatic carbocycles.